The molecule has 0 saturated carbocycles. The maximum Gasteiger partial charge on any atom is 0.189 e. The van der Waals surface area contributed by atoms with Crippen LogP contribution in [0.15, 0.2) is 36.5 Å². The summed E-state index contributed by atoms with van der Waals surface area (Å²) in [5.74, 6) is 1.41. The Morgan fingerprint density at radius 1 is 1.30 bits per heavy atom. The lowest BCUT2D eigenvalue weighted by molar-refractivity contribution is 0.415. The van der Waals surface area contributed by atoms with Gasteiger partial charge in [-0.25, -0.2) is 9.97 Å². The van der Waals surface area contributed by atoms with Crippen LogP contribution >= 0.6 is 11.3 Å². The van der Waals surface area contributed by atoms with E-state index in [0.29, 0.717) is 11.4 Å². The van der Waals surface area contributed by atoms with Crippen LogP contribution in [0.5, 0.6) is 5.75 Å². The van der Waals surface area contributed by atoms with Crippen molar-refractivity contribution in [3.63, 3.8) is 0 Å². The van der Waals surface area contributed by atoms with Crippen molar-refractivity contribution in [2.45, 2.75) is 0 Å². The molecule has 6 heteroatoms. The van der Waals surface area contributed by atoms with E-state index < -0.39 is 0 Å². The number of aromatic nitrogens is 2. The first-order valence-electron chi connectivity index (χ1n) is 5.86. The SMILES string of the molecule is COc1ccc2nc(Nc3cc(C#N)ccn3)sc2c1. The number of pyridine rings is 1. The van der Waals surface area contributed by atoms with Crippen molar-refractivity contribution < 1.29 is 4.74 Å². The highest BCUT2D eigenvalue weighted by Gasteiger charge is 2.06. The third-order valence-corrected chi connectivity index (χ3v) is 3.65. The van der Waals surface area contributed by atoms with Gasteiger partial charge in [0.05, 0.1) is 29.0 Å². The number of thiazole rings is 1. The summed E-state index contributed by atoms with van der Waals surface area (Å²) in [6, 6.07) is 11.2. The molecule has 3 rings (SSSR count). The van der Waals surface area contributed by atoms with Crippen LogP contribution in [0.1, 0.15) is 5.56 Å². The molecule has 2 heterocycles. The summed E-state index contributed by atoms with van der Waals surface area (Å²) in [6.45, 7) is 0. The van der Waals surface area contributed by atoms with Gasteiger partial charge in [-0.3, -0.25) is 0 Å². The number of hydrogen-bond acceptors (Lipinski definition) is 6. The van der Waals surface area contributed by atoms with E-state index in [-0.39, 0.29) is 0 Å². The topological polar surface area (TPSA) is 70.8 Å². The zero-order valence-electron chi connectivity index (χ0n) is 10.6. The smallest absolute Gasteiger partial charge is 0.189 e. The zero-order chi connectivity index (χ0) is 13.9. The van der Waals surface area contributed by atoms with Gasteiger partial charge >= 0.3 is 0 Å². The first-order valence-corrected chi connectivity index (χ1v) is 6.68. The van der Waals surface area contributed by atoms with Crippen LogP contribution < -0.4 is 10.1 Å². The van der Waals surface area contributed by atoms with Gasteiger partial charge < -0.3 is 10.1 Å². The lowest BCUT2D eigenvalue weighted by atomic mass is 10.3. The molecule has 0 amide bonds. The monoisotopic (exact) mass is 282 g/mol. The van der Waals surface area contributed by atoms with Crippen LogP contribution in [-0.2, 0) is 0 Å². The molecule has 0 fully saturated rings. The summed E-state index contributed by atoms with van der Waals surface area (Å²) in [6.07, 6.45) is 1.59. The lowest BCUT2D eigenvalue weighted by Gasteiger charge is -2.00. The van der Waals surface area contributed by atoms with E-state index in [9.17, 15) is 0 Å². The average molecular weight is 282 g/mol. The summed E-state index contributed by atoms with van der Waals surface area (Å²) in [4.78, 5) is 8.63. The number of rotatable bonds is 3. The Balaban J connectivity index is 1.92. The van der Waals surface area contributed by atoms with Gasteiger partial charge in [-0.2, -0.15) is 5.26 Å². The van der Waals surface area contributed by atoms with E-state index in [0.717, 1.165) is 21.1 Å². The summed E-state index contributed by atoms with van der Waals surface area (Å²) in [7, 11) is 1.64. The molecule has 0 aliphatic rings. The van der Waals surface area contributed by atoms with Crippen LogP contribution in [0, 0.1) is 11.3 Å². The van der Waals surface area contributed by atoms with E-state index in [4.69, 9.17) is 10.00 Å². The first kappa shape index (κ1) is 12.4. The molecule has 98 valence electrons. The van der Waals surface area contributed by atoms with E-state index in [1.54, 1.807) is 25.4 Å². The molecule has 0 saturated heterocycles. The quantitative estimate of drug-likeness (QED) is 0.798. The van der Waals surface area contributed by atoms with Gasteiger partial charge in [0.15, 0.2) is 5.13 Å². The van der Waals surface area contributed by atoms with Crippen molar-refractivity contribution >= 4 is 32.5 Å². The Morgan fingerprint density at radius 3 is 3.00 bits per heavy atom. The average Bonchev–Trinajstić information content (AvgIpc) is 2.88. The summed E-state index contributed by atoms with van der Waals surface area (Å²) < 4.78 is 6.22. The second-order valence-electron chi connectivity index (χ2n) is 4.02. The minimum atomic E-state index is 0.560. The first-order chi connectivity index (χ1) is 9.78. The summed E-state index contributed by atoms with van der Waals surface area (Å²) in [5, 5.41) is 12.7. The highest BCUT2D eigenvalue weighted by Crippen LogP contribution is 2.30. The number of benzene rings is 1. The Hall–Kier alpha value is -2.65. The van der Waals surface area contributed by atoms with Gasteiger partial charge in [-0.1, -0.05) is 11.3 Å². The van der Waals surface area contributed by atoms with Gasteiger partial charge in [0.25, 0.3) is 0 Å². The number of nitriles is 1. The van der Waals surface area contributed by atoms with Crippen LogP contribution in [-0.4, -0.2) is 17.1 Å². The Labute approximate surface area is 119 Å². The van der Waals surface area contributed by atoms with Crippen LogP contribution in [0.2, 0.25) is 0 Å². The van der Waals surface area contributed by atoms with E-state index in [2.05, 4.69) is 21.4 Å². The summed E-state index contributed by atoms with van der Waals surface area (Å²) >= 11 is 1.51. The predicted octanol–water partition coefficient (Wildman–Crippen LogP) is 3.32. The molecule has 3 aromatic rings. The second-order valence-corrected chi connectivity index (χ2v) is 5.05. The van der Waals surface area contributed by atoms with Crippen molar-refractivity contribution in [1.82, 2.24) is 9.97 Å². The number of anilines is 2. The molecule has 0 radical (unpaired) electrons. The largest absolute Gasteiger partial charge is 0.497 e. The molecule has 0 spiro atoms. The maximum atomic E-state index is 8.87. The van der Waals surface area contributed by atoms with Gasteiger partial charge in [0.1, 0.15) is 11.6 Å². The highest BCUT2D eigenvalue weighted by atomic mass is 32.1. The molecule has 0 aliphatic carbocycles. The number of ether oxygens (including phenoxy) is 1. The lowest BCUT2D eigenvalue weighted by Crippen LogP contribution is -1.92. The Kier molecular flexibility index (Phi) is 3.19. The normalized spacial score (nSPS) is 10.2. The molecule has 0 aliphatic heterocycles. The number of hydrogen-bond donors (Lipinski definition) is 1. The van der Waals surface area contributed by atoms with E-state index in [1.165, 1.54) is 11.3 Å². The zero-order valence-corrected chi connectivity index (χ0v) is 11.4. The molecule has 1 N–H and O–H groups in total. The molecule has 2 aromatic heterocycles. The molecule has 20 heavy (non-hydrogen) atoms. The van der Waals surface area contributed by atoms with Gasteiger partial charge in [-0.15, -0.1) is 0 Å². The number of fused-ring (bicyclic) bond motifs is 1. The standard InChI is InChI=1S/C14H10N4OS/c1-19-10-2-3-11-12(7-10)20-14(17-11)18-13-6-9(8-15)4-5-16-13/h2-7H,1H3,(H,16,17,18). The van der Waals surface area contributed by atoms with Crippen LogP contribution in [0.3, 0.4) is 0 Å². The van der Waals surface area contributed by atoms with Crippen molar-refractivity contribution in [3.8, 4) is 11.8 Å². The fourth-order valence-electron chi connectivity index (χ4n) is 1.76. The van der Waals surface area contributed by atoms with Gasteiger partial charge in [0, 0.05) is 6.20 Å². The minimum Gasteiger partial charge on any atom is -0.497 e. The number of methoxy groups -OCH3 is 1. The van der Waals surface area contributed by atoms with Crippen molar-refractivity contribution in [2.24, 2.45) is 0 Å². The molecule has 0 bridgehead atoms. The third-order valence-electron chi connectivity index (χ3n) is 2.72. The van der Waals surface area contributed by atoms with Crippen LogP contribution in [0.4, 0.5) is 10.9 Å². The van der Waals surface area contributed by atoms with Gasteiger partial charge in [-0.05, 0) is 30.3 Å². The summed E-state index contributed by atoms with van der Waals surface area (Å²) in [5.41, 5.74) is 1.46. The second kappa shape index (κ2) is 5.15. The third kappa shape index (κ3) is 2.39. The maximum absolute atomic E-state index is 8.87. The molecule has 5 nitrogen and oxygen atoms in total. The van der Waals surface area contributed by atoms with Crippen molar-refractivity contribution in [3.05, 3.63) is 42.1 Å². The van der Waals surface area contributed by atoms with E-state index in [1.807, 2.05) is 18.2 Å². The number of nitrogens with one attached hydrogen (secondary N) is 1. The van der Waals surface area contributed by atoms with Crippen LogP contribution in [0.25, 0.3) is 10.2 Å². The molecule has 0 atom stereocenters. The highest BCUT2D eigenvalue weighted by molar-refractivity contribution is 7.22. The van der Waals surface area contributed by atoms with Gasteiger partial charge in [0.2, 0.25) is 0 Å². The Bertz CT molecular complexity index is 806. The fraction of sp³-hybridized carbons (Fsp3) is 0.0714. The minimum absolute atomic E-state index is 0.560. The fourth-order valence-corrected chi connectivity index (χ4v) is 2.66. The Morgan fingerprint density at radius 2 is 2.20 bits per heavy atom. The molecule has 1 aromatic carbocycles. The molecular formula is C14H10N4OS. The number of nitrogens with zero attached hydrogens (tertiary/aromatic N) is 3. The molecule has 0 unspecified atom stereocenters. The van der Waals surface area contributed by atoms with Crippen molar-refractivity contribution in [1.29, 1.82) is 5.26 Å². The molecular weight excluding hydrogens is 272 g/mol. The van der Waals surface area contributed by atoms with Crippen molar-refractivity contribution in [2.75, 3.05) is 12.4 Å². The van der Waals surface area contributed by atoms with E-state index >= 15 is 0 Å². The predicted molar refractivity (Wildman–Crippen MR) is 78.4 cm³/mol.